The number of aromatic nitrogens is 2. The zero-order valence-electron chi connectivity index (χ0n) is 16.8. The molecule has 0 aliphatic carbocycles. The molecule has 32 heavy (non-hydrogen) atoms. The quantitative estimate of drug-likeness (QED) is 0.554. The largest absolute Gasteiger partial charge is 0.505 e. The molecule has 2 amide bonds. The van der Waals surface area contributed by atoms with Crippen LogP contribution >= 0.6 is 11.3 Å². The summed E-state index contributed by atoms with van der Waals surface area (Å²) in [7, 11) is 0. The number of carbonyl (C=O) groups is 2. The van der Waals surface area contributed by atoms with Gasteiger partial charge >= 0.3 is 0 Å². The lowest BCUT2D eigenvalue weighted by molar-refractivity contribution is 0.0988. The number of phenols is 1. The predicted octanol–water partition coefficient (Wildman–Crippen LogP) is 2.21. The first-order valence-electron chi connectivity index (χ1n) is 10.0. The third-order valence-electron chi connectivity index (χ3n) is 5.45. The van der Waals surface area contributed by atoms with Gasteiger partial charge in [-0.2, -0.15) is 0 Å². The van der Waals surface area contributed by atoms with E-state index in [0.29, 0.717) is 11.3 Å². The molecule has 3 N–H and O–H groups in total. The number of hydrogen-bond donors (Lipinski definition) is 3. The second-order valence-corrected chi connectivity index (χ2v) is 8.26. The van der Waals surface area contributed by atoms with Crippen molar-refractivity contribution < 1.29 is 19.1 Å². The number of phenolic OH excluding ortho intramolecular Hbond substituents is 1. The molecule has 2 aromatic heterocycles. The number of benzene rings is 1. The van der Waals surface area contributed by atoms with Gasteiger partial charge in [0.15, 0.2) is 16.7 Å². The summed E-state index contributed by atoms with van der Waals surface area (Å²) < 4.78 is 14.2. The highest BCUT2D eigenvalue weighted by atomic mass is 32.1. The molecule has 0 bridgehead atoms. The average molecular weight is 454 g/mol. The monoisotopic (exact) mass is 454 g/mol. The molecule has 0 spiro atoms. The van der Waals surface area contributed by atoms with Crippen molar-refractivity contribution >= 4 is 39.7 Å². The van der Waals surface area contributed by atoms with Crippen molar-refractivity contribution in [1.29, 1.82) is 0 Å². The second kappa shape index (κ2) is 8.17. The van der Waals surface area contributed by atoms with Gasteiger partial charge in [-0.3, -0.25) is 19.5 Å². The van der Waals surface area contributed by atoms with Crippen LogP contribution in [0.5, 0.6) is 5.75 Å². The van der Waals surface area contributed by atoms with E-state index < -0.39 is 23.4 Å². The van der Waals surface area contributed by atoms with E-state index in [1.807, 2.05) is 6.07 Å². The molecule has 3 aromatic rings. The molecule has 0 radical (unpaired) electrons. The number of thiazole rings is 1. The number of halogens is 1. The van der Waals surface area contributed by atoms with Gasteiger partial charge in [0.05, 0.1) is 29.7 Å². The Kier molecular flexibility index (Phi) is 5.19. The topological polar surface area (TPSA) is 111 Å². The van der Waals surface area contributed by atoms with Gasteiger partial charge in [0.2, 0.25) is 0 Å². The van der Waals surface area contributed by atoms with Crippen molar-refractivity contribution in [1.82, 2.24) is 15.3 Å². The average Bonchev–Trinajstić information content (AvgIpc) is 3.42. The number of fused-ring (bicyclic) bond motifs is 1. The molecule has 11 heteroatoms. The van der Waals surface area contributed by atoms with Crippen molar-refractivity contribution in [3.8, 4) is 5.75 Å². The van der Waals surface area contributed by atoms with Crippen LogP contribution < -0.4 is 20.4 Å². The molecule has 0 saturated carbocycles. The molecular formula is C21H19FN6O3S. The number of piperazine rings is 1. The molecule has 0 atom stereocenters. The zero-order chi connectivity index (χ0) is 22.2. The van der Waals surface area contributed by atoms with Crippen molar-refractivity contribution in [2.45, 2.75) is 6.54 Å². The maximum Gasteiger partial charge on any atom is 0.275 e. The van der Waals surface area contributed by atoms with E-state index in [4.69, 9.17) is 0 Å². The lowest BCUT2D eigenvalue weighted by Gasteiger charge is -2.30. The fourth-order valence-corrected chi connectivity index (χ4v) is 4.65. The van der Waals surface area contributed by atoms with Gasteiger partial charge in [-0.25, -0.2) is 9.37 Å². The number of carbonyl (C=O) groups excluding carboxylic acids is 2. The number of pyridine rings is 1. The number of nitrogens with one attached hydrogen (secondary N) is 2. The summed E-state index contributed by atoms with van der Waals surface area (Å²) in [4.78, 5) is 37.4. The van der Waals surface area contributed by atoms with Gasteiger partial charge in [0, 0.05) is 37.8 Å². The third kappa shape index (κ3) is 3.55. The summed E-state index contributed by atoms with van der Waals surface area (Å²) in [5.74, 6) is -2.54. The molecule has 0 unspecified atom stereocenters. The Hall–Kier alpha value is -3.57. The van der Waals surface area contributed by atoms with E-state index in [1.165, 1.54) is 17.0 Å². The van der Waals surface area contributed by atoms with Crippen LogP contribution in [-0.4, -0.2) is 53.1 Å². The summed E-state index contributed by atoms with van der Waals surface area (Å²) in [6.07, 6.45) is 3.28. The number of amides is 2. The van der Waals surface area contributed by atoms with Crippen LogP contribution in [-0.2, 0) is 6.54 Å². The minimum atomic E-state index is -0.943. The Morgan fingerprint density at radius 2 is 2.06 bits per heavy atom. The smallest absolute Gasteiger partial charge is 0.275 e. The second-order valence-electron chi connectivity index (χ2n) is 7.42. The van der Waals surface area contributed by atoms with Gasteiger partial charge in [-0.1, -0.05) is 6.07 Å². The Balaban J connectivity index is 1.35. The van der Waals surface area contributed by atoms with Crippen molar-refractivity contribution in [2.75, 3.05) is 41.3 Å². The fraction of sp³-hybridized carbons (Fsp3) is 0.238. The van der Waals surface area contributed by atoms with Crippen molar-refractivity contribution in [2.24, 2.45) is 0 Å². The molecule has 5 rings (SSSR count). The Labute approximate surface area is 186 Å². The molecule has 1 aromatic carbocycles. The third-order valence-corrected chi connectivity index (χ3v) is 6.32. The van der Waals surface area contributed by atoms with Crippen LogP contribution in [0.1, 0.15) is 26.4 Å². The van der Waals surface area contributed by atoms with Crippen LogP contribution in [0.4, 0.5) is 20.9 Å². The van der Waals surface area contributed by atoms with Crippen LogP contribution in [0.15, 0.2) is 36.0 Å². The number of nitrogens with zero attached hydrogens (tertiary/aromatic N) is 4. The first kappa shape index (κ1) is 20.3. The molecule has 2 aliphatic heterocycles. The van der Waals surface area contributed by atoms with E-state index in [2.05, 4.69) is 25.5 Å². The fourth-order valence-electron chi connectivity index (χ4n) is 3.84. The standard InChI is InChI=1S/C21H19FN6O3S/c22-18-16(29)2-1-12-10-28(20(31)17(12)18)21-26-14(11-32-21)19(30)25-13-9-24-4-3-15(13)27-7-5-23-6-8-27/h1-4,9,11,23,29H,5-8,10H2,(H,25,30). The summed E-state index contributed by atoms with van der Waals surface area (Å²) in [5, 5.41) is 17.6. The predicted molar refractivity (Wildman–Crippen MR) is 118 cm³/mol. The van der Waals surface area contributed by atoms with E-state index in [9.17, 15) is 19.1 Å². The maximum atomic E-state index is 14.2. The van der Waals surface area contributed by atoms with Gasteiger partial charge < -0.3 is 20.6 Å². The number of hydrogen-bond acceptors (Lipinski definition) is 8. The molecule has 1 fully saturated rings. The number of rotatable bonds is 4. The van der Waals surface area contributed by atoms with Crippen molar-refractivity contribution in [3.05, 3.63) is 58.6 Å². The highest BCUT2D eigenvalue weighted by Crippen LogP contribution is 2.34. The molecule has 2 aliphatic rings. The summed E-state index contributed by atoms with van der Waals surface area (Å²) in [6, 6.07) is 4.58. The minimum absolute atomic E-state index is 0.121. The highest BCUT2D eigenvalue weighted by molar-refractivity contribution is 7.14. The SMILES string of the molecule is O=C(Nc1cnccc1N1CCNCC1)c1csc(N2Cc3ccc(O)c(F)c3C2=O)n1. The van der Waals surface area contributed by atoms with Gasteiger partial charge in [0.1, 0.15) is 5.69 Å². The molecule has 1 saturated heterocycles. The van der Waals surface area contributed by atoms with Crippen molar-refractivity contribution in [3.63, 3.8) is 0 Å². The van der Waals surface area contributed by atoms with Crippen LogP contribution in [0.25, 0.3) is 0 Å². The van der Waals surface area contributed by atoms with E-state index in [-0.39, 0.29) is 22.9 Å². The van der Waals surface area contributed by atoms with E-state index >= 15 is 0 Å². The number of aromatic hydroxyl groups is 1. The Morgan fingerprint density at radius 3 is 2.88 bits per heavy atom. The van der Waals surface area contributed by atoms with Crippen LogP contribution in [0.2, 0.25) is 0 Å². The summed E-state index contributed by atoms with van der Waals surface area (Å²) in [5.41, 5.74) is 1.90. The van der Waals surface area contributed by atoms with Crippen LogP contribution in [0.3, 0.4) is 0 Å². The lowest BCUT2D eigenvalue weighted by atomic mass is 10.1. The first-order chi connectivity index (χ1) is 15.5. The van der Waals surface area contributed by atoms with E-state index in [0.717, 1.165) is 43.2 Å². The zero-order valence-corrected chi connectivity index (χ0v) is 17.7. The molecule has 4 heterocycles. The van der Waals surface area contributed by atoms with Gasteiger partial charge in [-0.15, -0.1) is 11.3 Å². The summed E-state index contributed by atoms with van der Waals surface area (Å²) >= 11 is 1.12. The normalized spacial score (nSPS) is 15.7. The minimum Gasteiger partial charge on any atom is -0.505 e. The van der Waals surface area contributed by atoms with E-state index in [1.54, 1.807) is 17.8 Å². The first-order valence-corrected chi connectivity index (χ1v) is 10.9. The van der Waals surface area contributed by atoms with Gasteiger partial charge in [0.25, 0.3) is 11.8 Å². The summed E-state index contributed by atoms with van der Waals surface area (Å²) in [6.45, 7) is 3.47. The Morgan fingerprint density at radius 1 is 1.25 bits per heavy atom. The lowest BCUT2D eigenvalue weighted by Crippen LogP contribution is -2.43. The Bertz CT molecular complexity index is 1210. The van der Waals surface area contributed by atoms with Crippen LogP contribution in [0, 0.1) is 5.82 Å². The van der Waals surface area contributed by atoms with Gasteiger partial charge in [-0.05, 0) is 17.7 Å². The molecule has 164 valence electrons. The molecular weight excluding hydrogens is 435 g/mol. The highest BCUT2D eigenvalue weighted by Gasteiger charge is 2.34. The molecule has 9 nitrogen and oxygen atoms in total. The maximum absolute atomic E-state index is 14.2. The number of anilines is 3.